The molecule has 1 aliphatic heterocycles. The second kappa shape index (κ2) is 7.00. The Morgan fingerprint density at radius 3 is 3.00 bits per heavy atom. The smallest absolute Gasteiger partial charge is 0.226 e. The highest BCUT2D eigenvalue weighted by Gasteiger charge is 2.33. The third-order valence-electron chi connectivity index (χ3n) is 3.70. The van der Waals surface area contributed by atoms with E-state index in [2.05, 4.69) is 37.1 Å². The normalized spacial score (nSPS) is 20.8. The SMILES string of the molecule is O=C(NCc1ccccn1)C1CNNC1c1cccc(Br)c1. The van der Waals surface area contributed by atoms with Crippen molar-refractivity contribution in [1.82, 2.24) is 21.2 Å². The minimum Gasteiger partial charge on any atom is -0.350 e. The van der Waals surface area contributed by atoms with Gasteiger partial charge in [0.1, 0.15) is 0 Å². The summed E-state index contributed by atoms with van der Waals surface area (Å²) >= 11 is 3.47. The van der Waals surface area contributed by atoms with E-state index in [1.54, 1.807) is 6.20 Å². The summed E-state index contributed by atoms with van der Waals surface area (Å²) in [4.78, 5) is 16.7. The molecule has 22 heavy (non-hydrogen) atoms. The second-order valence-corrected chi connectivity index (χ2v) is 6.12. The average molecular weight is 361 g/mol. The third kappa shape index (κ3) is 3.52. The molecule has 2 heterocycles. The maximum absolute atomic E-state index is 12.5. The molecular weight excluding hydrogens is 344 g/mol. The van der Waals surface area contributed by atoms with Gasteiger partial charge in [0.25, 0.3) is 0 Å². The summed E-state index contributed by atoms with van der Waals surface area (Å²) < 4.78 is 1.01. The van der Waals surface area contributed by atoms with Gasteiger partial charge in [-0.1, -0.05) is 34.1 Å². The zero-order valence-corrected chi connectivity index (χ0v) is 13.5. The van der Waals surface area contributed by atoms with E-state index in [1.165, 1.54) is 0 Å². The molecule has 0 aliphatic carbocycles. The molecule has 3 rings (SSSR count). The Balaban J connectivity index is 1.66. The highest BCUT2D eigenvalue weighted by Crippen LogP contribution is 2.27. The van der Waals surface area contributed by atoms with Crippen LogP contribution in [0, 0.1) is 5.92 Å². The van der Waals surface area contributed by atoms with E-state index in [0.717, 1.165) is 15.7 Å². The zero-order chi connectivity index (χ0) is 15.4. The van der Waals surface area contributed by atoms with E-state index in [-0.39, 0.29) is 17.9 Å². The van der Waals surface area contributed by atoms with Crippen molar-refractivity contribution in [1.29, 1.82) is 0 Å². The van der Waals surface area contributed by atoms with Crippen molar-refractivity contribution in [2.75, 3.05) is 6.54 Å². The number of aromatic nitrogens is 1. The minimum atomic E-state index is -0.155. The summed E-state index contributed by atoms with van der Waals surface area (Å²) in [6, 6.07) is 13.6. The number of hydrazine groups is 1. The summed E-state index contributed by atoms with van der Waals surface area (Å²) in [5, 5.41) is 2.96. The average Bonchev–Trinajstić information content (AvgIpc) is 3.03. The van der Waals surface area contributed by atoms with Crippen LogP contribution in [0.15, 0.2) is 53.1 Å². The van der Waals surface area contributed by atoms with Gasteiger partial charge >= 0.3 is 0 Å². The van der Waals surface area contributed by atoms with Crippen LogP contribution in [-0.2, 0) is 11.3 Å². The summed E-state index contributed by atoms with van der Waals surface area (Å²) in [6.45, 7) is 1.05. The maximum Gasteiger partial charge on any atom is 0.226 e. The first-order chi connectivity index (χ1) is 10.7. The van der Waals surface area contributed by atoms with Gasteiger partial charge in [0.2, 0.25) is 5.91 Å². The fraction of sp³-hybridized carbons (Fsp3) is 0.250. The van der Waals surface area contributed by atoms with E-state index < -0.39 is 0 Å². The van der Waals surface area contributed by atoms with E-state index in [1.807, 2.05) is 42.5 Å². The van der Waals surface area contributed by atoms with Crippen molar-refractivity contribution in [2.24, 2.45) is 5.92 Å². The fourth-order valence-electron chi connectivity index (χ4n) is 2.57. The Morgan fingerprint density at radius 2 is 2.23 bits per heavy atom. The number of rotatable bonds is 4. The predicted molar refractivity (Wildman–Crippen MR) is 87.6 cm³/mol. The van der Waals surface area contributed by atoms with Gasteiger partial charge < -0.3 is 5.32 Å². The quantitative estimate of drug-likeness (QED) is 0.779. The van der Waals surface area contributed by atoms with Gasteiger partial charge in [-0.3, -0.25) is 15.2 Å². The first-order valence-electron chi connectivity index (χ1n) is 7.15. The van der Waals surface area contributed by atoms with Gasteiger partial charge in [-0.05, 0) is 29.8 Å². The summed E-state index contributed by atoms with van der Waals surface area (Å²) in [5.74, 6) is -0.133. The Labute approximate surface area is 137 Å². The molecule has 2 unspecified atom stereocenters. The molecule has 1 aliphatic rings. The van der Waals surface area contributed by atoms with Crippen LogP contribution >= 0.6 is 15.9 Å². The third-order valence-corrected chi connectivity index (χ3v) is 4.19. The Morgan fingerprint density at radius 1 is 1.32 bits per heavy atom. The van der Waals surface area contributed by atoms with Crippen LogP contribution < -0.4 is 16.2 Å². The molecule has 114 valence electrons. The van der Waals surface area contributed by atoms with Crippen molar-refractivity contribution in [2.45, 2.75) is 12.6 Å². The molecule has 1 amide bonds. The molecule has 1 aromatic carbocycles. The lowest BCUT2D eigenvalue weighted by Crippen LogP contribution is -2.34. The van der Waals surface area contributed by atoms with Crippen molar-refractivity contribution in [3.8, 4) is 0 Å². The van der Waals surface area contributed by atoms with Crippen LogP contribution in [0.25, 0.3) is 0 Å². The molecular formula is C16H17BrN4O. The van der Waals surface area contributed by atoms with Gasteiger partial charge in [0, 0.05) is 17.2 Å². The summed E-state index contributed by atoms with van der Waals surface area (Å²) in [7, 11) is 0. The standard InChI is InChI=1S/C16H17BrN4O/c17-12-5-3-4-11(8-12)15-14(10-20-21-15)16(22)19-9-13-6-1-2-7-18-13/h1-8,14-15,20-21H,9-10H2,(H,19,22). The summed E-state index contributed by atoms with van der Waals surface area (Å²) in [6.07, 6.45) is 1.73. The summed E-state index contributed by atoms with van der Waals surface area (Å²) in [5.41, 5.74) is 8.20. The number of nitrogens with one attached hydrogen (secondary N) is 3. The number of amides is 1. The van der Waals surface area contributed by atoms with Crippen molar-refractivity contribution in [3.05, 3.63) is 64.4 Å². The van der Waals surface area contributed by atoms with Crippen LogP contribution in [0.5, 0.6) is 0 Å². The van der Waals surface area contributed by atoms with Crippen molar-refractivity contribution >= 4 is 21.8 Å². The number of hydrogen-bond acceptors (Lipinski definition) is 4. The maximum atomic E-state index is 12.5. The molecule has 0 bridgehead atoms. The van der Waals surface area contributed by atoms with E-state index in [9.17, 15) is 4.79 Å². The number of carbonyl (C=O) groups is 1. The molecule has 0 spiro atoms. The van der Waals surface area contributed by atoms with Gasteiger partial charge in [0.05, 0.1) is 24.2 Å². The van der Waals surface area contributed by atoms with Gasteiger partial charge in [-0.2, -0.15) is 0 Å². The molecule has 1 saturated heterocycles. The first-order valence-corrected chi connectivity index (χ1v) is 7.95. The molecule has 5 nitrogen and oxygen atoms in total. The molecule has 3 N–H and O–H groups in total. The fourth-order valence-corrected chi connectivity index (χ4v) is 2.99. The molecule has 2 atom stereocenters. The predicted octanol–water partition coefficient (Wildman–Crippen LogP) is 1.93. The minimum absolute atomic E-state index is 0.0214. The molecule has 1 aromatic heterocycles. The van der Waals surface area contributed by atoms with Gasteiger partial charge in [-0.15, -0.1) is 0 Å². The number of hydrogen-bond donors (Lipinski definition) is 3. The number of pyridine rings is 1. The van der Waals surface area contributed by atoms with Crippen LogP contribution in [0.4, 0.5) is 0 Å². The monoisotopic (exact) mass is 360 g/mol. The lowest BCUT2D eigenvalue weighted by atomic mass is 9.94. The highest BCUT2D eigenvalue weighted by molar-refractivity contribution is 9.10. The van der Waals surface area contributed by atoms with Crippen LogP contribution in [0.1, 0.15) is 17.3 Å². The topological polar surface area (TPSA) is 66.0 Å². The largest absolute Gasteiger partial charge is 0.350 e. The molecule has 0 radical (unpaired) electrons. The number of carbonyl (C=O) groups excluding carboxylic acids is 1. The number of benzene rings is 1. The van der Waals surface area contributed by atoms with E-state index in [4.69, 9.17) is 0 Å². The number of nitrogens with zero attached hydrogens (tertiary/aromatic N) is 1. The number of halogens is 1. The second-order valence-electron chi connectivity index (χ2n) is 5.20. The Hall–Kier alpha value is -1.76. The van der Waals surface area contributed by atoms with Crippen LogP contribution in [0.3, 0.4) is 0 Å². The van der Waals surface area contributed by atoms with E-state index in [0.29, 0.717) is 13.1 Å². The van der Waals surface area contributed by atoms with Gasteiger partial charge in [0.15, 0.2) is 0 Å². The lowest BCUT2D eigenvalue weighted by molar-refractivity contribution is -0.125. The van der Waals surface area contributed by atoms with Crippen molar-refractivity contribution < 1.29 is 4.79 Å². The lowest BCUT2D eigenvalue weighted by Gasteiger charge is -2.18. The molecule has 2 aromatic rings. The molecule has 1 fully saturated rings. The van der Waals surface area contributed by atoms with Gasteiger partial charge in [-0.25, -0.2) is 5.43 Å². The van der Waals surface area contributed by atoms with Crippen LogP contribution in [0.2, 0.25) is 0 Å². The Kier molecular flexibility index (Phi) is 4.82. The molecule has 6 heteroatoms. The Bertz CT molecular complexity index is 650. The highest BCUT2D eigenvalue weighted by atomic mass is 79.9. The molecule has 0 saturated carbocycles. The zero-order valence-electron chi connectivity index (χ0n) is 11.9. The van der Waals surface area contributed by atoms with E-state index >= 15 is 0 Å². The van der Waals surface area contributed by atoms with Crippen LogP contribution in [-0.4, -0.2) is 17.4 Å². The first kappa shape index (κ1) is 15.1. The van der Waals surface area contributed by atoms with Crippen molar-refractivity contribution in [3.63, 3.8) is 0 Å².